The molecule has 0 unspecified atom stereocenters. The predicted octanol–water partition coefficient (Wildman–Crippen LogP) is 2.94. The monoisotopic (exact) mass is 503 g/mol. The minimum Gasteiger partial charge on any atom is -0.497 e. The Bertz CT molecular complexity index is 1260. The van der Waals surface area contributed by atoms with Crippen molar-refractivity contribution in [2.75, 3.05) is 13.7 Å². The first-order valence-corrected chi connectivity index (χ1v) is 12.0. The molecule has 0 aliphatic carbocycles. The van der Waals surface area contributed by atoms with Gasteiger partial charge < -0.3 is 28.8 Å². The quantitative estimate of drug-likeness (QED) is 0.530. The number of imide groups is 1. The van der Waals surface area contributed by atoms with Gasteiger partial charge in [0.2, 0.25) is 6.29 Å². The molecule has 2 saturated heterocycles. The molecule has 6 atom stereocenters. The van der Waals surface area contributed by atoms with Gasteiger partial charge in [0.05, 0.1) is 24.8 Å². The van der Waals surface area contributed by atoms with Gasteiger partial charge in [-0.15, -0.1) is 0 Å². The van der Waals surface area contributed by atoms with Gasteiger partial charge in [-0.25, -0.2) is 0 Å². The normalized spacial score (nSPS) is 29.0. The predicted molar refractivity (Wildman–Crippen MR) is 129 cm³/mol. The van der Waals surface area contributed by atoms with Crippen LogP contribution in [0.15, 0.2) is 78.9 Å². The molecular formula is C28H25NO8. The summed E-state index contributed by atoms with van der Waals surface area (Å²) in [5.74, 6) is -0.00351. The number of methoxy groups -OCH3 is 1. The molecule has 0 bridgehead atoms. The lowest BCUT2D eigenvalue weighted by Gasteiger charge is -2.49. The van der Waals surface area contributed by atoms with E-state index in [1.54, 1.807) is 55.6 Å². The van der Waals surface area contributed by atoms with Gasteiger partial charge in [-0.3, -0.25) is 14.5 Å². The average molecular weight is 504 g/mol. The Kier molecular flexibility index (Phi) is 6.13. The van der Waals surface area contributed by atoms with E-state index in [1.807, 2.05) is 30.3 Å². The van der Waals surface area contributed by atoms with E-state index in [-0.39, 0.29) is 17.7 Å². The van der Waals surface area contributed by atoms with Gasteiger partial charge in [0.1, 0.15) is 35.9 Å². The Balaban J connectivity index is 1.33. The van der Waals surface area contributed by atoms with E-state index in [1.165, 1.54) is 0 Å². The maximum atomic E-state index is 13.4. The number of benzene rings is 3. The highest BCUT2D eigenvalue weighted by molar-refractivity contribution is 6.21. The summed E-state index contributed by atoms with van der Waals surface area (Å²) in [7, 11) is 1.56. The lowest BCUT2D eigenvalue weighted by atomic mass is 9.94. The Morgan fingerprint density at radius 2 is 1.46 bits per heavy atom. The Morgan fingerprint density at radius 3 is 2.11 bits per heavy atom. The smallest absolute Gasteiger partial charge is 0.262 e. The highest BCUT2D eigenvalue weighted by Gasteiger charge is 2.56. The molecule has 9 heteroatoms. The third-order valence-corrected chi connectivity index (χ3v) is 6.84. The lowest BCUT2D eigenvalue weighted by Crippen LogP contribution is -2.68. The Labute approximate surface area is 213 Å². The molecule has 3 aromatic carbocycles. The third-order valence-electron chi connectivity index (χ3n) is 6.84. The standard InChI is InChI=1S/C28H25NO8/c1-33-17-11-13-18(14-12-17)35-28-22(29-25(31)19-9-5-6-10-20(19)26(29)32)23(30)24-21(36-28)15-34-27(37-24)16-7-3-2-4-8-16/h2-14,21-24,27-28,30H,15H2,1H3/t21-,22-,23-,24-,27+,28-/m1/s1. The summed E-state index contributed by atoms with van der Waals surface area (Å²) in [6.07, 6.45) is -4.78. The number of carbonyl (C=O) groups excluding carboxylic acids is 2. The van der Waals surface area contributed by atoms with Gasteiger partial charge in [-0.2, -0.15) is 0 Å². The van der Waals surface area contributed by atoms with Crippen LogP contribution in [0.2, 0.25) is 0 Å². The summed E-state index contributed by atoms with van der Waals surface area (Å²) in [5.41, 5.74) is 1.31. The van der Waals surface area contributed by atoms with Crippen LogP contribution in [0.1, 0.15) is 32.6 Å². The molecule has 3 aliphatic rings. The summed E-state index contributed by atoms with van der Waals surface area (Å²) in [6, 6.07) is 21.5. The Morgan fingerprint density at radius 1 is 0.838 bits per heavy atom. The SMILES string of the molecule is COc1ccc(O[C@@H]2O[C@@H]3CO[C@H](c4ccccc4)O[C@H]3[C@H](O)[C@H]2N2C(=O)c3ccccc3C2=O)cc1. The zero-order valence-electron chi connectivity index (χ0n) is 19.9. The fraction of sp³-hybridized carbons (Fsp3) is 0.286. The first-order chi connectivity index (χ1) is 18.0. The van der Waals surface area contributed by atoms with Crippen LogP contribution in [0, 0.1) is 0 Å². The number of hydrogen-bond acceptors (Lipinski definition) is 8. The van der Waals surface area contributed by atoms with E-state index in [2.05, 4.69) is 0 Å². The molecule has 2 amide bonds. The summed E-state index contributed by atoms with van der Waals surface area (Å²) < 4.78 is 29.6. The second-order valence-electron chi connectivity index (χ2n) is 9.02. The van der Waals surface area contributed by atoms with Crippen LogP contribution in [0.4, 0.5) is 0 Å². The minimum atomic E-state index is -1.31. The molecule has 9 nitrogen and oxygen atoms in total. The lowest BCUT2D eigenvalue weighted by molar-refractivity contribution is -0.338. The zero-order chi connectivity index (χ0) is 25.5. The van der Waals surface area contributed by atoms with Crippen molar-refractivity contribution in [2.45, 2.75) is 36.9 Å². The maximum absolute atomic E-state index is 13.4. The Hall–Kier alpha value is -3.76. The van der Waals surface area contributed by atoms with E-state index in [4.69, 9.17) is 23.7 Å². The first kappa shape index (κ1) is 23.6. The summed E-state index contributed by atoms with van der Waals surface area (Å²) in [6.45, 7) is 0.124. The van der Waals surface area contributed by atoms with Gasteiger partial charge in [0, 0.05) is 5.56 Å². The van der Waals surface area contributed by atoms with Crippen molar-refractivity contribution < 1.29 is 38.4 Å². The van der Waals surface area contributed by atoms with Crippen molar-refractivity contribution in [3.05, 3.63) is 95.6 Å². The van der Waals surface area contributed by atoms with Crippen molar-refractivity contribution >= 4 is 11.8 Å². The highest BCUT2D eigenvalue weighted by atomic mass is 16.7. The van der Waals surface area contributed by atoms with Gasteiger partial charge in [0.15, 0.2) is 6.29 Å². The van der Waals surface area contributed by atoms with Gasteiger partial charge in [-0.1, -0.05) is 42.5 Å². The molecule has 0 aromatic heterocycles. The van der Waals surface area contributed by atoms with Crippen LogP contribution in [0.5, 0.6) is 11.5 Å². The number of aliphatic hydroxyl groups is 1. The van der Waals surface area contributed by atoms with Crippen molar-refractivity contribution in [1.29, 1.82) is 0 Å². The largest absolute Gasteiger partial charge is 0.497 e. The molecule has 6 rings (SSSR count). The average Bonchev–Trinajstić information content (AvgIpc) is 3.19. The van der Waals surface area contributed by atoms with Crippen molar-refractivity contribution in [3.8, 4) is 11.5 Å². The number of ether oxygens (including phenoxy) is 5. The molecule has 2 fully saturated rings. The van der Waals surface area contributed by atoms with Gasteiger partial charge >= 0.3 is 0 Å². The third kappa shape index (κ3) is 4.15. The molecule has 37 heavy (non-hydrogen) atoms. The molecule has 3 aliphatic heterocycles. The van der Waals surface area contributed by atoms with E-state index >= 15 is 0 Å². The topological polar surface area (TPSA) is 104 Å². The van der Waals surface area contributed by atoms with Crippen LogP contribution in [-0.2, 0) is 14.2 Å². The number of nitrogens with zero attached hydrogens (tertiary/aromatic N) is 1. The highest BCUT2D eigenvalue weighted by Crippen LogP contribution is 2.38. The number of aliphatic hydroxyl groups excluding tert-OH is 1. The number of carbonyl (C=O) groups is 2. The van der Waals surface area contributed by atoms with E-state index in [0.717, 1.165) is 10.5 Å². The molecular weight excluding hydrogens is 478 g/mol. The molecule has 0 radical (unpaired) electrons. The van der Waals surface area contributed by atoms with Crippen molar-refractivity contribution in [2.24, 2.45) is 0 Å². The van der Waals surface area contributed by atoms with Gasteiger partial charge in [-0.05, 0) is 36.4 Å². The fourth-order valence-electron chi connectivity index (χ4n) is 5.00. The molecule has 0 spiro atoms. The number of amides is 2. The maximum Gasteiger partial charge on any atom is 0.262 e. The van der Waals surface area contributed by atoms with E-state index < -0.39 is 48.7 Å². The first-order valence-electron chi connectivity index (χ1n) is 12.0. The number of fused-ring (bicyclic) bond motifs is 2. The molecule has 3 heterocycles. The van der Waals surface area contributed by atoms with Crippen LogP contribution in [0.3, 0.4) is 0 Å². The van der Waals surface area contributed by atoms with Crippen molar-refractivity contribution in [3.63, 3.8) is 0 Å². The van der Waals surface area contributed by atoms with Crippen LogP contribution < -0.4 is 9.47 Å². The molecule has 0 saturated carbocycles. The molecule has 3 aromatic rings. The van der Waals surface area contributed by atoms with Crippen LogP contribution >= 0.6 is 0 Å². The van der Waals surface area contributed by atoms with Crippen LogP contribution in [-0.4, -0.2) is 66.2 Å². The summed E-state index contributed by atoms with van der Waals surface area (Å²) in [5, 5.41) is 11.6. The molecule has 190 valence electrons. The summed E-state index contributed by atoms with van der Waals surface area (Å²) in [4.78, 5) is 27.8. The van der Waals surface area contributed by atoms with E-state index in [9.17, 15) is 14.7 Å². The van der Waals surface area contributed by atoms with Crippen molar-refractivity contribution in [1.82, 2.24) is 4.90 Å². The second-order valence-corrected chi connectivity index (χ2v) is 9.02. The molecule has 1 N–H and O–H groups in total. The zero-order valence-corrected chi connectivity index (χ0v) is 19.9. The number of rotatable bonds is 5. The fourth-order valence-corrected chi connectivity index (χ4v) is 5.00. The second kappa shape index (κ2) is 9.60. The van der Waals surface area contributed by atoms with Crippen LogP contribution in [0.25, 0.3) is 0 Å². The summed E-state index contributed by atoms with van der Waals surface area (Å²) >= 11 is 0. The van der Waals surface area contributed by atoms with E-state index in [0.29, 0.717) is 11.5 Å². The minimum absolute atomic E-state index is 0.124. The van der Waals surface area contributed by atoms with Gasteiger partial charge in [0.25, 0.3) is 11.8 Å². The number of hydrogen-bond donors (Lipinski definition) is 1.